The van der Waals surface area contributed by atoms with Gasteiger partial charge >= 0.3 is 0 Å². The minimum absolute atomic E-state index is 0.0653. The van der Waals surface area contributed by atoms with Crippen LogP contribution in [0.2, 0.25) is 10.0 Å². The average molecular weight is 535 g/mol. The van der Waals surface area contributed by atoms with Crippen molar-refractivity contribution in [1.82, 2.24) is 14.7 Å². The minimum atomic E-state index is -0.365. The topological polar surface area (TPSA) is 43.9 Å². The molecule has 0 radical (unpaired) electrons. The van der Waals surface area contributed by atoms with E-state index < -0.39 is 0 Å². The van der Waals surface area contributed by atoms with Gasteiger partial charge in [-0.15, -0.1) is 0 Å². The van der Waals surface area contributed by atoms with E-state index in [0.717, 1.165) is 63.8 Å². The Hall–Kier alpha value is -2.15. The Morgan fingerprint density at radius 3 is 2.44 bits per heavy atom. The van der Waals surface area contributed by atoms with Crippen molar-refractivity contribution in [3.63, 3.8) is 0 Å². The van der Waals surface area contributed by atoms with E-state index in [0.29, 0.717) is 40.5 Å². The molecule has 2 aliphatic heterocycles. The number of likely N-dealkylation sites (N-methyl/N-ethyl adjacent to an activating group) is 1. The smallest absolute Gasteiger partial charge is 0.253 e. The van der Waals surface area contributed by atoms with Crippen molar-refractivity contribution in [3.05, 3.63) is 69.5 Å². The zero-order chi connectivity index (χ0) is 25.7. The normalized spacial score (nSPS) is 18.3. The summed E-state index contributed by atoms with van der Waals surface area (Å²) < 4.78 is 13.3. The first-order chi connectivity index (χ1) is 17.3. The molecule has 0 aromatic heterocycles. The highest BCUT2D eigenvalue weighted by Gasteiger charge is 2.29. The van der Waals surface area contributed by atoms with Crippen molar-refractivity contribution in [2.24, 2.45) is 0 Å². The van der Waals surface area contributed by atoms with Crippen LogP contribution in [0.25, 0.3) is 0 Å². The lowest BCUT2D eigenvalue weighted by Crippen LogP contribution is -2.49. The summed E-state index contributed by atoms with van der Waals surface area (Å²) in [6, 6.07) is 11.7. The fourth-order valence-electron chi connectivity index (χ4n) is 5.36. The van der Waals surface area contributed by atoms with Crippen LogP contribution in [-0.2, 0) is 4.79 Å². The summed E-state index contributed by atoms with van der Waals surface area (Å²) in [4.78, 5) is 31.5. The standard InChI is InChI=1S/C28H34Cl2FN3O2/c1-32(28(36)20-5-8-23(31)9-6-20)19-22(21-7-10-25(29)26(30)18-21)11-15-33-16-12-24(13-17-33)34-14-3-2-4-27(34)35/h5-10,18,22,24H,2-4,11-17,19H2,1H3. The Bertz CT molecular complexity index is 1060. The average Bonchev–Trinajstić information content (AvgIpc) is 2.89. The number of rotatable bonds is 8. The highest BCUT2D eigenvalue weighted by molar-refractivity contribution is 6.42. The Balaban J connectivity index is 1.38. The van der Waals surface area contributed by atoms with Gasteiger partial charge in [-0.25, -0.2) is 4.39 Å². The number of likely N-dealkylation sites (tertiary alicyclic amines) is 2. The number of amides is 2. The van der Waals surface area contributed by atoms with Gasteiger partial charge in [0, 0.05) is 57.2 Å². The predicted octanol–water partition coefficient (Wildman–Crippen LogP) is 5.86. The van der Waals surface area contributed by atoms with E-state index in [9.17, 15) is 14.0 Å². The van der Waals surface area contributed by atoms with Crippen molar-refractivity contribution < 1.29 is 14.0 Å². The number of benzene rings is 2. The number of halogens is 3. The first-order valence-electron chi connectivity index (χ1n) is 12.8. The summed E-state index contributed by atoms with van der Waals surface area (Å²) in [6.07, 6.45) is 5.68. The van der Waals surface area contributed by atoms with Gasteiger partial charge in [0.2, 0.25) is 5.91 Å². The number of carbonyl (C=O) groups is 2. The molecule has 8 heteroatoms. The molecule has 0 N–H and O–H groups in total. The molecule has 2 fully saturated rings. The summed E-state index contributed by atoms with van der Waals surface area (Å²) >= 11 is 12.5. The summed E-state index contributed by atoms with van der Waals surface area (Å²) in [5.41, 5.74) is 1.50. The molecule has 2 aromatic carbocycles. The van der Waals surface area contributed by atoms with Crippen molar-refractivity contribution in [1.29, 1.82) is 0 Å². The van der Waals surface area contributed by atoms with E-state index in [2.05, 4.69) is 9.80 Å². The molecule has 5 nitrogen and oxygen atoms in total. The Morgan fingerprint density at radius 2 is 1.78 bits per heavy atom. The van der Waals surface area contributed by atoms with Crippen LogP contribution in [0.4, 0.5) is 4.39 Å². The van der Waals surface area contributed by atoms with Gasteiger partial charge in [-0.1, -0.05) is 29.3 Å². The van der Waals surface area contributed by atoms with Crippen molar-refractivity contribution in [2.75, 3.05) is 39.8 Å². The highest BCUT2D eigenvalue weighted by atomic mass is 35.5. The molecule has 194 valence electrons. The zero-order valence-electron chi connectivity index (χ0n) is 20.8. The quantitative estimate of drug-likeness (QED) is 0.427. The molecule has 2 amide bonds. The number of carbonyl (C=O) groups excluding carboxylic acids is 2. The van der Waals surface area contributed by atoms with E-state index in [1.807, 2.05) is 12.1 Å². The lowest BCUT2D eigenvalue weighted by atomic mass is 9.93. The molecule has 36 heavy (non-hydrogen) atoms. The third-order valence-electron chi connectivity index (χ3n) is 7.50. The molecule has 1 atom stereocenters. The van der Waals surface area contributed by atoms with Crippen LogP contribution >= 0.6 is 23.2 Å². The van der Waals surface area contributed by atoms with Crippen LogP contribution in [-0.4, -0.2) is 72.3 Å². The van der Waals surface area contributed by atoms with Crippen molar-refractivity contribution in [3.8, 4) is 0 Å². The van der Waals surface area contributed by atoms with Gasteiger partial charge in [0.05, 0.1) is 10.0 Å². The van der Waals surface area contributed by atoms with Crippen LogP contribution in [0.5, 0.6) is 0 Å². The monoisotopic (exact) mass is 533 g/mol. The lowest BCUT2D eigenvalue weighted by Gasteiger charge is -2.40. The van der Waals surface area contributed by atoms with Crippen LogP contribution < -0.4 is 0 Å². The fourth-order valence-corrected chi connectivity index (χ4v) is 5.67. The van der Waals surface area contributed by atoms with Gasteiger partial charge in [0.15, 0.2) is 0 Å². The van der Waals surface area contributed by atoms with E-state index in [1.165, 1.54) is 24.3 Å². The largest absolute Gasteiger partial charge is 0.341 e. The van der Waals surface area contributed by atoms with E-state index in [1.54, 1.807) is 18.0 Å². The summed E-state index contributed by atoms with van der Waals surface area (Å²) in [7, 11) is 1.78. The molecular formula is C28H34Cl2FN3O2. The van der Waals surface area contributed by atoms with Gasteiger partial charge in [-0.3, -0.25) is 9.59 Å². The maximum Gasteiger partial charge on any atom is 0.253 e. The van der Waals surface area contributed by atoms with E-state index in [-0.39, 0.29) is 17.6 Å². The number of hydrogen-bond donors (Lipinski definition) is 0. The van der Waals surface area contributed by atoms with Gasteiger partial charge in [-0.2, -0.15) is 0 Å². The third-order valence-corrected chi connectivity index (χ3v) is 8.24. The summed E-state index contributed by atoms with van der Waals surface area (Å²) in [5, 5.41) is 1.00. The molecule has 0 spiro atoms. The Morgan fingerprint density at radius 1 is 1.06 bits per heavy atom. The maximum absolute atomic E-state index is 13.3. The second-order valence-corrected chi connectivity index (χ2v) is 10.8. The minimum Gasteiger partial charge on any atom is -0.341 e. The van der Waals surface area contributed by atoms with Crippen molar-refractivity contribution in [2.45, 2.75) is 50.5 Å². The van der Waals surface area contributed by atoms with E-state index in [4.69, 9.17) is 23.2 Å². The lowest BCUT2D eigenvalue weighted by molar-refractivity contribution is -0.136. The van der Waals surface area contributed by atoms with Crippen LogP contribution in [0.1, 0.15) is 60.4 Å². The van der Waals surface area contributed by atoms with Gasteiger partial charge in [0.25, 0.3) is 5.91 Å². The zero-order valence-corrected chi connectivity index (χ0v) is 22.3. The number of nitrogens with zero attached hydrogens (tertiary/aromatic N) is 3. The molecular weight excluding hydrogens is 500 g/mol. The Labute approximate surface area is 223 Å². The first kappa shape index (κ1) is 26.9. The molecule has 0 bridgehead atoms. The second kappa shape index (κ2) is 12.4. The van der Waals surface area contributed by atoms with Gasteiger partial charge in [0.1, 0.15) is 5.82 Å². The second-order valence-electron chi connectivity index (χ2n) is 9.97. The molecule has 4 rings (SSSR count). The number of piperidine rings is 2. The van der Waals surface area contributed by atoms with Gasteiger partial charge in [-0.05, 0) is 80.6 Å². The summed E-state index contributed by atoms with van der Waals surface area (Å²) in [5.74, 6) is -0.132. The molecule has 2 heterocycles. The first-order valence-corrected chi connectivity index (χ1v) is 13.5. The third kappa shape index (κ3) is 6.78. The van der Waals surface area contributed by atoms with E-state index >= 15 is 0 Å². The molecule has 2 aliphatic rings. The number of hydrogen-bond acceptors (Lipinski definition) is 3. The molecule has 0 aliphatic carbocycles. The summed E-state index contributed by atoms with van der Waals surface area (Å²) in [6.45, 7) is 4.23. The molecule has 2 saturated heterocycles. The van der Waals surface area contributed by atoms with Gasteiger partial charge < -0.3 is 14.7 Å². The van der Waals surface area contributed by atoms with Crippen LogP contribution in [0.15, 0.2) is 42.5 Å². The van der Waals surface area contributed by atoms with Crippen molar-refractivity contribution >= 4 is 35.0 Å². The maximum atomic E-state index is 13.3. The predicted molar refractivity (Wildman–Crippen MR) is 142 cm³/mol. The SMILES string of the molecule is CN(CC(CCN1CCC(N2CCCCC2=O)CC1)c1ccc(Cl)c(Cl)c1)C(=O)c1ccc(F)cc1. The highest BCUT2D eigenvalue weighted by Crippen LogP contribution is 2.30. The van der Waals surface area contributed by atoms with Crippen LogP contribution in [0, 0.1) is 5.82 Å². The fraction of sp³-hybridized carbons (Fsp3) is 0.500. The molecule has 1 unspecified atom stereocenters. The molecule has 2 aromatic rings. The molecule has 0 saturated carbocycles. The Kier molecular flexibility index (Phi) is 9.26. The van der Waals surface area contributed by atoms with Crippen LogP contribution in [0.3, 0.4) is 0 Å².